The second kappa shape index (κ2) is 5.56. The average molecular weight is 239 g/mol. The molecule has 0 amide bonds. The molecule has 0 fully saturated rings. The van der Waals surface area contributed by atoms with Gasteiger partial charge in [-0.3, -0.25) is 9.59 Å². The maximum atomic E-state index is 11.1. The van der Waals surface area contributed by atoms with E-state index in [9.17, 15) is 9.59 Å². The summed E-state index contributed by atoms with van der Waals surface area (Å²) in [5.74, 6) is -0.511. The Bertz CT molecular complexity index is 419. The SMILES string of the molecule is COC(=O)[B]Oc1cc(C(C)=O)ccc1Cl. The second-order valence-electron chi connectivity index (χ2n) is 2.96. The fourth-order valence-corrected chi connectivity index (χ4v) is 1.13. The molecule has 1 aromatic carbocycles. The molecular weight excluding hydrogens is 230 g/mol. The summed E-state index contributed by atoms with van der Waals surface area (Å²) in [5, 5.41) is 0.310. The first-order valence-corrected chi connectivity index (χ1v) is 4.80. The van der Waals surface area contributed by atoms with Crippen LogP contribution in [-0.4, -0.2) is 26.2 Å². The smallest absolute Gasteiger partial charge is 0.510 e. The van der Waals surface area contributed by atoms with E-state index in [1.807, 2.05) is 0 Å². The van der Waals surface area contributed by atoms with Crippen molar-refractivity contribution in [2.45, 2.75) is 6.92 Å². The molecule has 1 rings (SSSR count). The number of hydrogen-bond acceptors (Lipinski definition) is 4. The van der Waals surface area contributed by atoms with E-state index >= 15 is 0 Å². The Hall–Kier alpha value is -1.49. The Morgan fingerprint density at radius 1 is 1.38 bits per heavy atom. The standard InChI is InChI=1S/C10H9BClO4/c1-6(13)7-3-4-8(12)9(5-7)16-11-10(14)15-2/h3-5H,1-2H3. The lowest BCUT2D eigenvalue weighted by Crippen LogP contribution is -2.16. The summed E-state index contributed by atoms with van der Waals surface area (Å²) >= 11 is 5.82. The van der Waals surface area contributed by atoms with E-state index in [1.54, 1.807) is 6.07 Å². The van der Waals surface area contributed by atoms with Crippen LogP contribution < -0.4 is 4.65 Å². The number of carbonyl (C=O) groups is 2. The quantitative estimate of drug-likeness (QED) is 0.597. The van der Waals surface area contributed by atoms with Crippen molar-refractivity contribution in [2.24, 2.45) is 0 Å². The lowest BCUT2D eigenvalue weighted by atomic mass is 10.0. The molecular formula is C10H9BClO4. The first-order chi connectivity index (χ1) is 7.54. The van der Waals surface area contributed by atoms with E-state index in [-0.39, 0.29) is 11.5 Å². The molecule has 83 valence electrons. The van der Waals surface area contributed by atoms with Gasteiger partial charge >= 0.3 is 13.4 Å². The molecule has 0 unspecified atom stereocenters. The summed E-state index contributed by atoms with van der Waals surface area (Å²) < 4.78 is 9.36. The van der Waals surface area contributed by atoms with E-state index < -0.39 is 5.87 Å². The first-order valence-electron chi connectivity index (χ1n) is 4.43. The van der Waals surface area contributed by atoms with E-state index in [2.05, 4.69) is 4.74 Å². The van der Waals surface area contributed by atoms with Crippen LogP contribution in [0.15, 0.2) is 18.2 Å². The normalized spacial score (nSPS) is 9.44. The lowest BCUT2D eigenvalue weighted by molar-refractivity contribution is 0.101. The molecule has 0 heterocycles. The fraction of sp³-hybridized carbons (Fsp3) is 0.200. The molecule has 0 N–H and O–H groups in total. The van der Waals surface area contributed by atoms with Gasteiger partial charge in [-0.25, -0.2) is 0 Å². The molecule has 4 nitrogen and oxygen atoms in total. The zero-order valence-electron chi connectivity index (χ0n) is 8.82. The highest BCUT2D eigenvalue weighted by Crippen LogP contribution is 2.25. The number of benzene rings is 1. The van der Waals surface area contributed by atoms with Gasteiger partial charge in [-0.2, -0.15) is 0 Å². The Morgan fingerprint density at radius 2 is 2.06 bits per heavy atom. The molecule has 0 spiro atoms. The third-order valence-corrected chi connectivity index (χ3v) is 2.13. The molecule has 1 radical (unpaired) electrons. The van der Waals surface area contributed by atoms with Gasteiger partial charge in [0.2, 0.25) is 0 Å². The monoisotopic (exact) mass is 239 g/mol. The molecule has 0 saturated carbocycles. The number of halogens is 1. The Morgan fingerprint density at radius 3 is 2.62 bits per heavy atom. The topological polar surface area (TPSA) is 52.6 Å². The van der Waals surface area contributed by atoms with Crippen molar-refractivity contribution in [1.82, 2.24) is 0 Å². The van der Waals surface area contributed by atoms with Gasteiger partial charge < -0.3 is 9.39 Å². The van der Waals surface area contributed by atoms with E-state index in [0.29, 0.717) is 10.6 Å². The average Bonchev–Trinajstić information content (AvgIpc) is 2.27. The maximum Gasteiger partial charge on any atom is 0.510 e. The summed E-state index contributed by atoms with van der Waals surface area (Å²) in [7, 11) is 2.11. The van der Waals surface area contributed by atoms with Crippen LogP contribution in [0, 0.1) is 0 Å². The zero-order valence-corrected chi connectivity index (χ0v) is 9.58. The maximum absolute atomic E-state index is 11.1. The Kier molecular flexibility index (Phi) is 4.37. The Labute approximate surface area is 98.8 Å². The minimum Gasteiger partial charge on any atom is -0.552 e. The number of ether oxygens (including phenoxy) is 1. The van der Waals surface area contributed by atoms with E-state index in [0.717, 1.165) is 7.48 Å². The van der Waals surface area contributed by atoms with Gasteiger partial charge in [0, 0.05) is 5.56 Å². The molecule has 0 aliphatic carbocycles. The highest BCUT2D eigenvalue weighted by molar-refractivity contribution is 6.67. The number of rotatable bonds is 4. The minimum absolute atomic E-state index is 0.111. The summed E-state index contributed by atoms with van der Waals surface area (Å²) in [5.41, 5.74) is 0.456. The van der Waals surface area contributed by atoms with Gasteiger partial charge in [0.15, 0.2) is 5.78 Å². The first kappa shape index (κ1) is 12.6. The van der Waals surface area contributed by atoms with Crippen molar-refractivity contribution in [3.63, 3.8) is 0 Å². The zero-order chi connectivity index (χ0) is 12.1. The highest BCUT2D eigenvalue weighted by atomic mass is 35.5. The summed E-state index contributed by atoms with van der Waals surface area (Å²) in [6.45, 7) is 1.43. The van der Waals surface area contributed by atoms with Crippen molar-refractivity contribution in [3.8, 4) is 5.75 Å². The van der Waals surface area contributed by atoms with Crippen molar-refractivity contribution in [3.05, 3.63) is 28.8 Å². The van der Waals surface area contributed by atoms with Gasteiger partial charge in [0.25, 0.3) is 0 Å². The molecule has 0 aliphatic rings. The molecule has 0 aliphatic heterocycles. The predicted octanol–water partition coefficient (Wildman–Crippen LogP) is 2.31. The van der Waals surface area contributed by atoms with Crippen LogP contribution in [0.4, 0.5) is 4.79 Å². The Balaban J connectivity index is 2.82. The number of carbonyl (C=O) groups excluding carboxylic acids is 2. The van der Waals surface area contributed by atoms with Crippen LogP contribution in [-0.2, 0) is 4.74 Å². The van der Waals surface area contributed by atoms with Crippen molar-refractivity contribution < 1.29 is 19.0 Å². The minimum atomic E-state index is -0.635. The summed E-state index contributed by atoms with van der Waals surface area (Å²) in [6.07, 6.45) is 0. The van der Waals surface area contributed by atoms with Crippen LogP contribution in [0.25, 0.3) is 0 Å². The summed E-state index contributed by atoms with van der Waals surface area (Å²) in [6, 6.07) is 4.57. The van der Waals surface area contributed by atoms with Gasteiger partial charge in [-0.05, 0) is 25.1 Å². The van der Waals surface area contributed by atoms with Gasteiger partial charge in [0.1, 0.15) is 5.75 Å². The number of ketones is 1. The summed E-state index contributed by atoms with van der Waals surface area (Å²) in [4.78, 5) is 21.9. The number of methoxy groups -OCH3 is 1. The van der Waals surface area contributed by atoms with Crippen molar-refractivity contribution in [2.75, 3.05) is 7.11 Å². The van der Waals surface area contributed by atoms with E-state index in [1.165, 1.54) is 26.2 Å². The van der Waals surface area contributed by atoms with Crippen molar-refractivity contribution in [1.29, 1.82) is 0 Å². The van der Waals surface area contributed by atoms with E-state index in [4.69, 9.17) is 16.3 Å². The lowest BCUT2D eigenvalue weighted by Gasteiger charge is -2.07. The molecule has 0 aromatic heterocycles. The number of Topliss-reactive ketones (excluding diaryl/α,β-unsaturated/α-hetero) is 1. The van der Waals surface area contributed by atoms with Crippen LogP contribution in [0.1, 0.15) is 17.3 Å². The largest absolute Gasteiger partial charge is 0.552 e. The fourth-order valence-electron chi connectivity index (χ4n) is 0.972. The van der Waals surface area contributed by atoms with Gasteiger partial charge in [0.05, 0.1) is 12.1 Å². The number of hydrogen-bond donors (Lipinski definition) is 0. The molecule has 1 aromatic rings. The molecule has 0 bridgehead atoms. The van der Waals surface area contributed by atoms with Crippen molar-refractivity contribution >= 4 is 30.7 Å². The highest BCUT2D eigenvalue weighted by Gasteiger charge is 2.11. The predicted molar refractivity (Wildman–Crippen MR) is 60.2 cm³/mol. The molecule has 0 saturated heterocycles. The van der Waals surface area contributed by atoms with Gasteiger partial charge in [-0.15, -0.1) is 0 Å². The third kappa shape index (κ3) is 3.27. The third-order valence-electron chi connectivity index (χ3n) is 1.82. The molecule has 0 atom stereocenters. The van der Waals surface area contributed by atoms with Crippen LogP contribution in [0.2, 0.25) is 5.02 Å². The second-order valence-corrected chi connectivity index (χ2v) is 3.37. The van der Waals surface area contributed by atoms with Crippen LogP contribution >= 0.6 is 11.6 Å². The van der Waals surface area contributed by atoms with Crippen LogP contribution in [0.3, 0.4) is 0 Å². The van der Waals surface area contributed by atoms with Gasteiger partial charge in [-0.1, -0.05) is 11.6 Å². The molecule has 16 heavy (non-hydrogen) atoms. The molecule has 6 heteroatoms. The van der Waals surface area contributed by atoms with Crippen LogP contribution in [0.5, 0.6) is 5.75 Å².